The Balaban J connectivity index is 2.80. The second kappa shape index (κ2) is 9.80. The average molecular weight is 259 g/mol. The molecule has 0 saturated heterocycles. The zero-order valence-corrected chi connectivity index (χ0v) is 12.6. The summed E-state index contributed by atoms with van der Waals surface area (Å²) in [5.41, 5.74) is 1.43. The Labute approximate surface area is 119 Å². The van der Waals surface area contributed by atoms with Gasteiger partial charge >= 0.3 is 0 Å². The molecule has 0 aromatic heterocycles. The van der Waals surface area contributed by atoms with Crippen LogP contribution in [0.2, 0.25) is 0 Å². The van der Waals surface area contributed by atoms with E-state index < -0.39 is 0 Å². The lowest BCUT2D eigenvalue weighted by molar-refractivity contribution is 0.192. The molecule has 106 valence electrons. The second-order valence-corrected chi connectivity index (χ2v) is 5.19. The van der Waals surface area contributed by atoms with Crippen molar-refractivity contribution in [3.63, 3.8) is 0 Å². The first-order chi connectivity index (χ1) is 9.33. The molecule has 0 fully saturated rings. The predicted molar refractivity (Wildman–Crippen MR) is 85.4 cm³/mol. The van der Waals surface area contributed by atoms with E-state index in [-0.39, 0.29) is 0 Å². The fraction of sp³-hybridized carbons (Fsp3) is 0.556. The van der Waals surface area contributed by atoms with Gasteiger partial charge in [-0.05, 0) is 37.9 Å². The molecule has 0 spiro atoms. The minimum absolute atomic E-state index is 0.497. The van der Waals surface area contributed by atoms with Crippen molar-refractivity contribution in [2.45, 2.75) is 52.0 Å². The van der Waals surface area contributed by atoms with Gasteiger partial charge in [0.15, 0.2) is 0 Å². The topological polar surface area (TPSA) is 3.24 Å². The fourth-order valence-corrected chi connectivity index (χ4v) is 2.47. The third kappa shape index (κ3) is 5.61. The van der Waals surface area contributed by atoms with Crippen LogP contribution >= 0.6 is 0 Å². The summed E-state index contributed by atoms with van der Waals surface area (Å²) in [7, 11) is 0. The van der Waals surface area contributed by atoms with E-state index in [0.29, 0.717) is 6.04 Å². The summed E-state index contributed by atoms with van der Waals surface area (Å²) in [5, 5.41) is 0. The van der Waals surface area contributed by atoms with Crippen LogP contribution in [0.1, 0.15) is 57.6 Å². The number of rotatable bonds is 10. The average Bonchev–Trinajstić information content (AvgIpc) is 2.46. The van der Waals surface area contributed by atoms with E-state index in [1.165, 1.54) is 44.3 Å². The third-order valence-electron chi connectivity index (χ3n) is 3.61. The highest BCUT2D eigenvalue weighted by atomic mass is 15.1. The van der Waals surface area contributed by atoms with Gasteiger partial charge in [-0.2, -0.15) is 0 Å². The van der Waals surface area contributed by atoms with Gasteiger partial charge in [0, 0.05) is 6.04 Å². The molecule has 1 aromatic carbocycles. The Hall–Kier alpha value is -1.08. The van der Waals surface area contributed by atoms with Crippen LogP contribution < -0.4 is 0 Å². The lowest BCUT2D eigenvalue weighted by Crippen LogP contribution is -2.30. The summed E-state index contributed by atoms with van der Waals surface area (Å²) < 4.78 is 0. The molecule has 1 unspecified atom stereocenters. The molecule has 1 heteroatoms. The van der Waals surface area contributed by atoms with Gasteiger partial charge in [0.2, 0.25) is 0 Å². The minimum atomic E-state index is 0.497. The molecule has 0 radical (unpaired) electrons. The molecule has 0 aliphatic heterocycles. The van der Waals surface area contributed by atoms with Crippen LogP contribution in [-0.2, 0) is 0 Å². The summed E-state index contributed by atoms with van der Waals surface area (Å²) in [4.78, 5) is 2.64. The molecule has 19 heavy (non-hydrogen) atoms. The fourth-order valence-electron chi connectivity index (χ4n) is 2.47. The molecule has 0 bridgehead atoms. The van der Waals surface area contributed by atoms with Crippen LogP contribution in [0.4, 0.5) is 0 Å². The third-order valence-corrected chi connectivity index (χ3v) is 3.61. The highest BCUT2D eigenvalue weighted by Gasteiger charge is 2.17. The molecule has 0 amide bonds. The number of nitrogens with zero attached hydrogens (tertiary/aromatic N) is 1. The Kier molecular flexibility index (Phi) is 8.24. The summed E-state index contributed by atoms with van der Waals surface area (Å²) in [6.45, 7) is 10.9. The molecule has 1 nitrogen and oxygen atoms in total. The molecule has 1 rings (SSSR count). The van der Waals surface area contributed by atoms with E-state index in [2.05, 4.69) is 61.7 Å². The zero-order valence-electron chi connectivity index (χ0n) is 12.6. The number of hydrogen-bond donors (Lipinski definition) is 0. The van der Waals surface area contributed by atoms with E-state index in [9.17, 15) is 0 Å². The summed E-state index contributed by atoms with van der Waals surface area (Å²) in [6.07, 6.45) is 8.19. The summed E-state index contributed by atoms with van der Waals surface area (Å²) in [6, 6.07) is 11.4. The molecule has 1 aromatic rings. The van der Waals surface area contributed by atoms with E-state index in [1.807, 2.05) is 0 Å². The standard InChI is InChI=1S/C18H29N/c1-4-7-15-19(16-8-5-2)18(12-6-3)17-13-10-9-11-14-17/h6,9-11,13-14,18H,3-5,7-8,12,15-16H2,1-2H3. The Bertz CT molecular complexity index is 323. The van der Waals surface area contributed by atoms with Crippen LogP contribution in [0.15, 0.2) is 43.0 Å². The van der Waals surface area contributed by atoms with E-state index >= 15 is 0 Å². The van der Waals surface area contributed by atoms with Gasteiger partial charge in [-0.1, -0.05) is 63.1 Å². The maximum Gasteiger partial charge on any atom is 0.0382 e. The zero-order chi connectivity index (χ0) is 13.9. The van der Waals surface area contributed by atoms with Crippen molar-refractivity contribution in [1.82, 2.24) is 4.90 Å². The molecule has 0 saturated carbocycles. The number of hydrogen-bond acceptors (Lipinski definition) is 1. The summed E-state index contributed by atoms with van der Waals surface area (Å²) in [5.74, 6) is 0. The van der Waals surface area contributed by atoms with Gasteiger partial charge in [0.05, 0.1) is 0 Å². The van der Waals surface area contributed by atoms with Crippen LogP contribution in [0.5, 0.6) is 0 Å². The van der Waals surface area contributed by atoms with Gasteiger partial charge in [-0.25, -0.2) is 0 Å². The molecule has 1 atom stereocenters. The number of benzene rings is 1. The van der Waals surface area contributed by atoms with E-state index in [1.54, 1.807) is 0 Å². The van der Waals surface area contributed by atoms with Crippen LogP contribution in [0, 0.1) is 0 Å². The molecule has 0 N–H and O–H groups in total. The van der Waals surface area contributed by atoms with Crippen molar-refractivity contribution in [1.29, 1.82) is 0 Å². The maximum absolute atomic E-state index is 3.94. The predicted octanol–water partition coefficient (Wildman–Crippen LogP) is 5.21. The normalized spacial score (nSPS) is 12.6. The molecule has 0 aliphatic carbocycles. The van der Waals surface area contributed by atoms with Crippen molar-refractivity contribution >= 4 is 0 Å². The Morgan fingerprint density at radius 1 is 1.05 bits per heavy atom. The minimum Gasteiger partial charge on any atom is -0.296 e. The van der Waals surface area contributed by atoms with Gasteiger partial charge in [0.1, 0.15) is 0 Å². The molecular formula is C18H29N. The van der Waals surface area contributed by atoms with Crippen molar-refractivity contribution in [2.24, 2.45) is 0 Å². The van der Waals surface area contributed by atoms with Crippen LogP contribution in [0.25, 0.3) is 0 Å². The van der Waals surface area contributed by atoms with Crippen LogP contribution in [0.3, 0.4) is 0 Å². The highest BCUT2D eigenvalue weighted by molar-refractivity contribution is 5.19. The van der Waals surface area contributed by atoms with Gasteiger partial charge in [-0.15, -0.1) is 6.58 Å². The largest absolute Gasteiger partial charge is 0.296 e. The number of unbranched alkanes of at least 4 members (excludes halogenated alkanes) is 2. The first-order valence-corrected chi connectivity index (χ1v) is 7.73. The van der Waals surface area contributed by atoms with Crippen molar-refractivity contribution in [2.75, 3.05) is 13.1 Å². The van der Waals surface area contributed by atoms with E-state index in [4.69, 9.17) is 0 Å². The quantitative estimate of drug-likeness (QED) is 0.522. The summed E-state index contributed by atoms with van der Waals surface area (Å²) >= 11 is 0. The Morgan fingerprint density at radius 2 is 1.63 bits per heavy atom. The molecule has 0 aliphatic rings. The lowest BCUT2D eigenvalue weighted by Gasteiger charge is -2.31. The Morgan fingerprint density at radius 3 is 2.11 bits per heavy atom. The van der Waals surface area contributed by atoms with Crippen molar-refractivity contribution in [3.8, 4) is 0 Å². The smallest absolute Gasteiger partial charge is 0.0382 e. The first kappa shape index (κ1) is 16.0. The van der Waals surface area contributed by atoms with E-state index in [0.717, 1.165) is 6.42 Å². The SMILES string of the molecule is C=CCC(c1ccccc1)N(CCCC)CCCC. The first-order valence-electron chi connectivity index (χ1n) is 7.73. The van der Waals surface area contributed by atoms with Crippen molar-refractivity contribution < 1.29 is 0 Å². The van der Waals surface area contributed by atoms with Crippen LogP contribution in [-0.4, -0.2) is 18.0 Å². The van der Waals surface area contributed by atoms with Gasteiger partial charge < -0.3 is 0 Å². The lowest BCUT2D eigenvalue weighted by atomic mass is 10.0. The van der Waals surface area contributed by atoms with Crippen molar-refractivity contribution in [3.05, 3.63) is 48.6 Å². The second-order valence-electron chi connectivity index (χ2n) is 5.19. The van der Waals surface area contributed by atoms with Gasteiger partial charge in [-0.3, -0.25) is 4.90 Å². The molecular weight excluding hydrogens is 230 g/mol. The van der Waals surface area contributed by atoms with Gasteiger partial charge in [0.25, 0.3) is 0 Å². The highest BCUT2D eigenvalue weighted by Crippen LogP contribution is 2.25. The maximum atomic E-state index is 3.94. The molecule has 0 heterocycles. The monoisotopic (exact) mass is 259 g/mol.